The maximum atomic E-state index is 12.5. The van der Waals surface area contributed by atoms with Gasteiger partial charge in [0.05, 0.1) is 12.1 Å². The third-order valence-corrected chi connectivity index (χ3v) is 5.53. The summed E-state index contributed by atoms with van der Waals surface area (Å²) in [5.74, 6) is 2.93. The zero-order valence-corrected chi connectivity index (χ0v) is 15.2. The molecule has 1 aliphatic heterocycles. The maximum absolute atomic E-state index is 12.5. The molecular weight excluding hydrogens is 302 g/mol. The SMILES string of the molecule is CC1CCC(NC(=O)[C@@H](C)N[C@@H](C)c2nnc3n2CCCC3)CC1. The van der Waals surface area contributed by atoms with Crippen molar-refractivity contribution in [1.29, 1.82) is 0 Å². The van der Waals surface area contributed by atoms with E-state index in [1.807, 2.05) is 6.92 Å². The standard InChI is InChI=1S/C18H31N5O/c1-12-7-9-15(10-8-12)20-18(24)14(3)19-13(2)17-22-21-16-6-4-5-11-23(16)17/h12-15,19H,4-11H2,1-3H3,(H,20,24)/t12?,13-,14+,15?/m0/s1. The van der Waals surface area contributed by atoms with Gasteiger partial charge in [-0.2, -0.15) is 0 Å². The number of aryl methyl sites for hydroxylation is 1. The number of fused-ring (bicyclic) bond motifs is 1. The first-order valence-electron chi connectivity index (χ1n) is 9.53. The van der Waals surface area contributed by atoms with Crippen LogP contribution in [-0.4, -0.2) is 32.8 Å². The molecule has 3 rings (SSSR count). The fraction of sp³-hybridized carbons (Fsp3) is 0.833. The van der Waals surface area contributed by atoms with Gasteiger partial charge in [0.2, 0.25) is 5.91 Å². The van der Waals surface area contributed by atoms with Gasteiger partial charge in [-0.1, -0.05) is 6.92 Å². The normalized spacial score (nSPS) is 26.5. The highest BCUT2D eigenvalue weighted by atomic mass is 16.2. The van der Waals surface area contributed by atoms with Crippen molar-refractivity contribution >= 4 is 5.91 Å². The van der Waals surface area contributed by atoms with Crippen LogP contribution in [0.1, 0.15) is 77.0 Å². The fourth-order valence-electron chi connectivity index (χ4n) is 3.91. The molecule has 0 unspecified atom stereocenters. The summed E-state index contributed by atoms with van der Waals surface area (Å²) in [6.07, 6.45) is 8.03. The van der Waals surface area contributed by atoms with Crippen molar-refractivity contribution in [3.05, 3.63) is 11.6 Å². The molecule has 1 aromatic rings. The van der Waals surface area contributed by atoms with Crippen molar-refractivity contribution in [2.45, 2.75) is 90.4 Å². The monoisotopic (exact) mass is 333 g/mol. The zero-order chi connectivity index (χ0) is 17.1. The van der Waals surface area contributed by atoms with Crippen LogP contribution in [0.5, 0.6) is 0 Å². The highest BCUT2D eigenvalue weighted by Crippen LogP contribution is 2.23. The Balaban J connectivity index is 1.53. The average Bonchev–Trinajstić information content (AvgIpc) is 3.01. The Bertz CT molecular complexity index is 562. The van der Waals surface area contributed by atoms with E-state index in [2.05, 4.69) is 39.2 Å². The summed E-state index contributed by atoms with van der Waals surface area (Å²) in [5.41, 5.74) is 0. The second-order valence-electron chi connectivity index (χ2n) is 7.66. The molecule has 1 aromatic heterocycles. The first-order valence-corrected chi connectivity index (χ1v) is 9.53. The van der Waals surface area contributed by atoms with Crippen LogP contribution in [0, 0.1) is 5.92 Å². The summed E-state index contributed by atoms with van der Waals surface area (Å²) < 4.78 is 2.22. The van der Waals surface area contributed by atoms with Crippen molar-refractivity contribution in [2.24, 2.45) is 5.92 Å². The van der Waals surface area contributed by atoms with Crippen LogP contribution in [0.15, 0.2) is 0 Å². The van der Waals surface area contributed by atoms with Gasteiger partial charge in [0.15, 0.2) is 0 Å². The van der Waals surface area contributed by atoms with Crippen molar-refractivity contribution in [1.82, 2.24) is 25.4 Å². The van der Waals surface area contributed by atoms with Crippen molar-refractivity contribution < 1.29 is 4.79 Å². The third kappa shape index (κ3) is 3.97. The minimum atomic E-state index is -0.226. The molecule has 0 aromatic carbocycles. The topological polar surface area (TPSA) is 71.8 Å². The van der Waals surface area contributed by atoms with Crippen LogP contribution in [-0.2, 0) is 17.8 Å². The van der Waals surface area contributed by atoms with Gasteiger partial charge in [0.25, 0.3) is 0 Å². The molecule has 2 atom stereocenters. The van der Waals surface area contributed by atoms with E-state index in [9.17, 15) is 4.79 Å². The molecule has 6 heteroatoms. The van der Waals surface area contributed by atoms with Crippen LogP contribution in [0.25, 0.3) is 0 Å². The third-order valence-electron chi connectivity index (χ3n) is 5.53. The van der Waals surface area contributed by atoms with Gasteiger partial charge in [0.1, 0.15) is 11.6 Å². The lowest BCUT2D eigenvalue weighted by Crippen LogP contribution is -2.48. The number of aromatic nitrogens is 3. The smallest absolute Gasteiger partial charge is 0.237 e. The Morgan fingerprint density at radius 2 is 1.92 bits per heavy atom. The molecule has 24 heavy (non-hydrogen) atoms. The van der Waals surface area contributed by atoms with Crippen molar-refractivity contribution in [3.8, 4) is 0 Å². The van der Waals surface area contributed by atoms with Gasteiger partial charge in [-0.25, -0.2) is 0 Å². The Labute approximate surface area is 144 Å². The predicted molar refractivity (Wildman–Crippen MR) is 93.5 cm³/mol. The number of carbonyl (C=O) groups is 1. The largest absolute Gasteiger partial charge is 0.352 e. The molecule has 1 saturated carbocycles. The lowest BCUT2D eigenvalue weighted by atomic mass is 9.87. The minimum Gasteiger partial charge on any atom is -0.352 e. The summed E-state index contributed by atoms with van der Waals surface area (Å²) >= 11 is 0. The molecule has 0 saturated heterocycles. The minimum absolute atomic E-state index is 0.0245. The van der Waals surface area contributed by atoms with E-state index in [0.717, 1.165) is 43.4 Å². The molecule has 1 amide bonds. The van der Waals surface area contributed by atoms with Crippen LogP contribution < -0.4 is 10.6 Å². The number of rotatable bonds is 5. The van der Waals surface area contributed by atoms with E-state index in [4.69, 9.17) is 0 Å². The quantitative estimate of drug-likeness (QED) is 0.867. The summed E-state index contributed by atoms with van der Waals surface area (Å²) in [6.45, 7) is 7.29. The molecule has 1 aliphatic carbocycles. The fourth-order valence-corrected chi connectivity index (χ4v) is 3.91. The number of hydrogen-bond acceptors (Lipinski definition) is 4. The molecule has 6 nitrogen and oxygen atoms in total. The maximum Gasteiger partial charge on any atom is 0.237 e. The lowest BCUT2D eigenvalue weighted by molar-refractivity contribution is -0.123. The summed E-state index contributed by atoms with van der Waals surface area (Å²) in [7, 11) is 0. The highest BCUT2D eigenvalue weighted by molar-refractivity contribution is 5.81. The van der Waals surface area contributed by atoms with Crippen LogP contribution >= 0.6 is 0 Å². The number of carbonyl (C=O) groups excluding carboxylic acids is 1. The van der Waals surface area contributed by atoms with E-state index in [0.29, 0.717) is 6.04 Å². The molecule has 0 bridgehead atoms. The van der Waals surface area contributed by atoms with Gasteiger partial charge >= 0.3 is 0 Å². The number of nitrogens with one attached hydrogen (secondary N) is 2. The molecule has 2 aliphatic rings. The first-order chi connectivity index (χ1) is 11.5. The molecule has 134 valence electrons. The van der Waals surface area contributed by atoms with Crippen molar-refractivity contribution in [2.75, 3.05) is 0 Å². The number of nitrogens with zero attached hydrogens (tertiary/aromatic N) is 3. The second kappa shape index (κ2) is 7.64. The number of hydrogen-bond donors (Lipinski definition) is 2. The summed E-state index contributed by atoms with van der Waals surface area (Å²) in [4.78, 5) is 12.5. The summed E-state index contributed by atoms with van der Waals surface area (Å²) in [6, 6.07) is 0.140. The van der Waals surface area contributed by atoms with E-state index in [-0.39, 0.29) is 18.0 Å². The zero-order valence-electron chi connectivity index (χ0n) is 15.2. The van der Waals surface area contributed by atoms with E-state index in [1.54, 1.807) is 0 Å². The van der Waals surface area contributed by atoms with E-state index < -0.39 is 0 Å². The van der Waals surface area contributed by atoms with Gasteiger partial charge in [0, 0.05) is 19.0 Å². The van der Waals surface area contributed by atoms with Gasteiger partial charge < -0.3 is 9.88 Å². The first kappa shape index (κ1) is 17.4. The molecule has 0 radical (unpaired) electrons. The van der Waals surface area contributed by atoms with E-state index >= 15 is 0 Å². The lowest BCUT2D eigenvalue weighted by Gasteiger charge is -2.28. The second-order valence-corrected chi connectivity index (χ2v) is 7.66. The molecule has 0 spiro atoms. The van der Waals surface area contributed by atoms with Gasteiger partial charge in [-0.3, -0.25) is 10.1 Å². The Hall–Kier alpha value is -1.43. The molecule has 2 N–H and O–H groups in total. The van der Waals surface area contributed by atoms with Crippen LogP contribution in [0.2, 0.25) is 0 Å². The van der Waals surface area contributed by atoms with Crippen LogP contribution in [0.3, 0.4) is 0 Å². The van der Waals surface area contributed by atoms with Gasteiger partial charge in [-0.05, 0) is 58.3 Å². The Morgan fingerprint density at radius 1 is 1.17 bits per heavy atom. The van der Waals surface area contributed by atoms with Crippen molar-refractivity contribution in [3.63, 3.8) is 0 Å². The van der Waals surface area contributed by atoms with Gasteiger partial charge in [-0.15, -0.1) is 10.2 Å². The molecule has 2 heterocycles. The molecule has 1 fully saturated rings. The number of amides is 1. The average molecular weight is 333 g/mol. The summed E-state index contributed by atoms with van der Waals surface area (Å²) in [5, 5.41) is 15.3. The highest BCUT2D eigenvalue weighted by Gasteiger charge is 2.25. The predicted octanol–water partition coefficient (Wildman–Crippen LogP) is 2.35. The van der Waals surface area contributed by atoms with Crippen LogP contribution in [0.4, 0.5) is 0 Å². The Kier molecular flexibility index (Phi) is 5.54. The van der Waals surface area contributed by atoms with E-state index in [1.165, 1.54) is 25.7 Å². The molecular formula is C18H31N5O. The Morgan fingerprint density at radius 3 is 2.67 bits per heavy atom.